The highest BCUT2D eigenvalue weighted by Crippen LogP contribution is 2.25. The fourth-order valence-corrected chi connectivity index (χ4v) is 1.62. The maximum absolute atomic E-state index is 12.2. The normalized spacial score (nSPS) is 13.8. The minimum Gasteiger partial charge on any atom is -0.424 e. The first-order valence-corrected chi connectivity index (χ1v) is 5.33. The van der Waals surface area contributed by atoms with Gasteiger partial charge in [0, 0.05) is 11.7 Å². The summed E-state index contributed by atoms with van der Waals surface area (Å²) in [5, 5.41) is 2.57. The summed E-state index contributed by atoms with van der Waals surface area (Å²) in [4.78, 5) is 4.02. The number of halogens is 3. The van der Waals surface area contributed by atoms with Gasteiger partial charge in [-0.05, 0) is 25.1 Å². The van der Waals surface area contributed by atoms with Crippen LogP contribution in [0.25, 0.3) is 11.1 Å². The van der Waals surface area contributed by atoms with E-state index in [4.69, 9.17) is 10.2 Å². The van der Waals surface area contributed by atoms with Crippen LogP contribution in [0.3, 0.4) is 0 Å². The predicted molar refractivity (Wildman–Crippen MR) is 62.2 cm³/mol. The number of aromatic nitrogens is 1. The van der Waals surface area contributed by atoms with Gasteiger partial charge in [-0.1, -0.05) is 0 Å². The lowest BCUT2D eigenvalue weighted by atomic mass is 10.2. The lowest BCUT2D eigenvalue weighted by molar-refractivity contribution is -0.136. The van der Waals surface area contributed by atoms with E-state index in [0.29, 0.717) is 16.8 Å². The summed E-state index contributed by atoms with van der Waals surface area (Å²) >= 11 is 0. The second kappa shape index (κ2) is 4.40. The molecule has 0 radical (unpaired) electrons. The van der Waals surface area contributed by atoms with E-state index in [1.165, 1.54) is 6.92 Å². The van der Waals surface area contributed by atoms with Gasteiger partial charge >= 0.3 is 6.18 Å². The van der Waals surface area contributed by atoms with Gasteiger partial charge in [-0.2, -0.15) is 18.2 Å². The Balaban J connectivity index is 2.12. The number of hydrogen-bond donors (Lipinski definition) is 2. The molecule has 1 atom stereocenters. The van der Waals surface area contributed by atoms with Crippen molar-refractivity contribution in [2.24, 2.45) is 0 Å². The van der Waals surface area contributed by atoms with Crippen LogP contribution in [0.1, 0.15) is 13.3 Å². The Labute approximate surface area is 101 Å². The topological polar surface area (TPSA) is 64.1 Å². The van der Waals surface area contributed by atoms with Crippen molar-refractivity contribution in [1.82, 2.24) is 4.98 Å². The first kappa shape index (κ1) is 12.5. The highest BCUT2D eigenvalue weighted by molar-refractivity contribution is 5.78. The van der Waals surface area contributed by atoms with E-state index in [9.17, 15) is 13.2 Å². The molecular formula is C11H12F3N3O. The molecule has 18 heavy (non-hydrogen) atoms. The number of nitrogens with zero attached hydrogens (tertiary/aromatic N) is 1. The molecule has 0 bridgehead atoms. The van der Waals surface area contributed by atoms with Crippen molar-refractivity contribution in [3.63, 3.8) is 0 Å². The van der Waals surface area contributed by atoms with Crippen molar-refractivity contribution < 1.29 is 17.6 Å². The summed E-state index contributed by atoms with van der Waals surface area (Å²) in [6.45, 7) is 1.41. The number of nitrogens with one attached hydrogen (secondary N) is 1. The number of nitrogens with two attached hydrogens (primary N) is 1. The van der Waals surface area contributed by atoms with Gasteiger partial charge in [-0.25, -0.2) is 0 Å². The first-order chi connectivity index (χ1) is 8.33. The summed E-state index contributed by atoms with van der Waals surface area (Å²) in [6.07, 6.45) is -5.17. The van der Waals surface area contributed by atoms with Gasteiger partial charge in [-0.3, -0.25) is 0 Å². The standard InChI is InChI=1S/C11H12F3N3O/c1-6(5-11(12,13)14)16-10-17-8-4-7(15)2-3-9(8)18-10/h2-4,6H,5,15H2,1H3,(H,16,17). The molecule has 0 saturated carbocycles. The lowest BCUT2D eigenvalue weighted by Crippen LogP contribution is -2.23. The molecule has 0 amide bonds. The minimum absolute atomic E-state index is 0.0624. The van der Waals surface area contributed by atoms with Gasteiger partial charge in [0.2, 0.25) is 0 Å². The Morgan fingerprint density at radius 3 is 2.83 bits per heavy atom. The van der Waals surface area contributed by atoms with Crippen LogP contribution in [0.15, 0.2) is 22.6 Å². The molecule has 4 nitrogen and oxygen atoms in total. The number of oxazole rings is 1. The summed E-state index contributed by atoms with van der Waals surface area (Å²) in [6, 6.07) is 4.11. The van der Waals surface area contributed by atoms with Gasteiger partial charge in [0.1, 0.15) is 5.52 Å². The number of anilines is 2. The third kappa shape index (κ3) is 3.06. The van der Waals surface area contributed by atoms with Crippen molar-refractivity contribution >= 4 is 22.8 Å². The molecule has 1 heterocycles. The molecule has 0 saturated heterocycles. The quantitative estimate of drug-likeness (QED) is 0.831. The number of rotatable bonds is 3. The molecular weight excluding hydrogens is 247 g/mol. The van der Waals surface area contributed by atoms with Crippen LogP contribution in [0.5, 0.6) is 0 Å². The molecule has 7 heteroatoms. The number of nitrogen functional groups attached to an aromatic ring is 1. The van der Waals surface area contributed by atoms with Crippen LogP contribution < -0.4 is 11.1 Å². The molecule has 1 unspecified atom stereocenters. The van der Waals surface area contributed by atoms with Crippen LogP contribution in [0.2, 0.25) is 0 Å². The fourth-order valence-electron chi connectivity index (χ4n) is 1.62. The summed E-state index contributed by atoms with van der Waals surface area (Å²) < 4.78 is 41.7. The third-order valence-corrected chi connectivity index (χ3v) is 2.32. The van der Waals surface area contributed by atoms with E-state index in [-0.39, 0.29) is 6.01 Å². The average Bonchev–Trinajstić information content (AvgIpc) is 2.55. The molecule has 2 rings (SSSR count). The predicted octanol–water partition coefficient (Wildman–Crippen LogP) is 3.16. The van der Waals surface area contributed by atoms with E-state index in [1.54, 1.807) is 18.2 Å². The second-order valence-electron chi connectivity index (χ2n) is 4.11. The molecule has 1 aromatic heterocycles. The molecule has 98 valence electrons. The van der Waals surface area contributed by atoms with Crippen LogP contribution in [-0.4, -0.2) is 17.2 Å². The van der Waals surface area contributed by atoms with E-state index >= 15 is 0 Å². The Morgan fingerprint density at radius 2 is 2.17 bits per heavy atom. The van der Waals surface area contributed by atoms with Crippen LogP contribution in [0, 0.1) is 0 Å². The Hall–Kier alpha value is -1.92. The molecule has 1 aromatic carbocycles. The van der Waals surface area contributed by atoms with E-state index in [1.807, 2.05) is 0 Å². The van der Waals surface area contributed by atoms with Crippen molar-refractivity contribution in [3.05, 3.63) is 18.2 Å². The number of fused-ring (bicyclic) bond motifs is 1. The Bertz CT molecular complexity index is 550. The van der Waals surface area contributed by atoms with Gasteiger partial charge in [0.15, 0.2) is 5.58 Å². The van der Waals surface area contributed by atoms with E-state index in [0.717, 1.165) is 0 Å². The van der Waals surface area contributed by atoms with Gasteiger partial charge in [0.05, 0.1) is 6.42 Å². The van der Waals surface area contributed by atoms with Crippen LogP contribution >= 0.6 is 0 Å². The third-order valence-electron chi connectivity index (χ3n) is 2.32. The highest BCUT2D eigenvalue weighted by Gasteiger charge is 2.30. The largest absolute Gasteiger partial charge is 0.424 e. The van der Waals surface area contributed by atoms with Gasteiger partial charge < -0.3 is 15.5 Å². The van der Waals surface area contributed by atoms with E-state index in [2.05, 4.69) is 10.3 Å². The van der Waals surface area contributed by atoms with Crippen molar-refractivity contribution in [2.75, 3.05) is 11.1 Å². The molecule has 0 fully saturated rings. The number of alkyl halides is 3. The lowest BCUT2D eigenvalue weighted by Gasteiger charge is -2.13. The zero-order valence-corrected chi connectivity index (χ0v) is 9.58. The van der Waals surface area contributed by atoms with Gasteiger partial charge in [-0.15, -0.1) is 0 Å². The van der Waals surface area contributed by atoms with Crippen molar-refractivity contribution in [1.29, 1.82) is 0 Å². The van der Waals surface area contributed by atoms with Crippen LogP contribution in [0.4, 0.5) is 24.9 Å². The van der Waals surface area contributed by atoms with Crippen molar-refractivity contribution in [2.45, 2.75) is 25.6 Å². The van der Waals surface area contributed by atoms with Crippen LogP contribution in [-0.2, 0) is 0 Å². The molecule has 0 aliphatic carbocycles. The SMILES string of the molecule is CC(CC(F)(F)F)Nc1nc2cc(N)ccc2o1. The number of hydrogen-bond acceptors (Lipinski definition) is 4. The Kier molecular flexibility index (Phi) is 3.06. The van der Waals surface area contributed by atoms with Crippen molar-refractivity contribution in [3.8, 4) is 0 Å². The van der Waals surface area contributed by atoms with E-state index < -0.39 is 18.6 Å². The smallest absolute Gasteiger partial charge is 0.391 e. The van der Waals surface area contributed by atoms with Gasteiger partial charge in [0.25, 0.3) is 6.01 Å². The molecule has 0 aliphatic rings. The first-order valence-electron chi connectivity index (χ1n) is 5.33. The minimum atomic E-state index is -4.22. The Morgan fingerprint density at radius 1 is 1.44 bits per heavy atom. The monoisotopic (exact) mass is 259 g/mol. The molecule has 0 aliphatic heterocycles. The molecule has 0 spiro atoms. The molecule has 2 aromatic rings. The zero-order chi connectivity index (χ0) is 13.3. The summed E-state index contributed by atoms with van der Waals surface area (Å²) in [7, 11) is 0. The molecule has 3 N–H and O–H groups in total. The maximum atomic E-state index is 12.2. The zero-order valence-electron chi connectivity index (χ0n) is 9.58. The second-order valence-corrected chi connectivity index (χ2v) is 4.11. The summed E-state index contributed by atoms with van der Waals surface area (Å²) in [5.74, 6) is 0. The fraction of sp³-hybridized carbons (Fsp3) is 0.364. The highest BCUT2D eigenvalue weighted by atomic mass is 19.4. The number of benzene rings is 1. The average molecular weight is 259 g/mol. The maximum Gasteiger partial charge on any atom is 0.391 e. The summed E-state index contributed by atoms with van der Waals surface area (Å²) in [5.41, 5.74) is 7.07.